The van der Waals surface area contributed by atoms with E-state index in [4.69, 9.17) is 21.7 Å². The quantitative estimate of drug-likeness (QED) is 0.337. The third-order valence-corrected chi connectivity index (χ3v) is 5.31. The van der Waals surface area contributed by atoms with Gasteiger partial charge in [0.25, 0.3) is 9.05 Å². The number of amides is 2. The summed E-state index contributed by atoms with van der Waals surface area (Å²) >= 11 is 0. The Balaban J connectivity index is 0.00000139. The van der Waals surface area contributed by atoms with Crippen molar-refractivity contribution in [2.75, 3.05) is 11.9 Å². The van der Waals surface area contributed by atoms with E-state index in [0.29, 0.717) is 12.2 Å². The van der Waals surface area contributed by atoms with Crippen LogP contribution in [0.1, 0.15) is 38.5 Å². The minimum absolute atomic E-state index is 0.0108. The van der Waals surface area contributed by atoms with E-state index >= 15 is 0 Å². The molecular formula is C15H23ClN4O3S. The minimum atomic E-state index is -3.73. The molecule has 0 heterocycles. The molecule has 0 spiro atoms. The van der Waals surface area contributed by atoms with Gasteiger partial charge in [0.1, 0.15) is 0 Å². The second kappa shape index (κ2) is 10.2. The number of hydrogen-bond donors (Lipinski definition) is 4. The van der Waals surface area contributed by atoms with Crippen LogP contribution in [0.2, 0.25) is 0 Å². The van der Waals surface area contributed by atoms with Crippen LogP contribution < -0.4 is 10.6 Å². The van der Waals surface area contributed by atoms with Crippen LogP contribution in [0.3, 0.4) is 0 Å². The Morgan fingerprint density at radius 2 is 1.75 bits per heavy atom. The second-order valence-electron chi connectivity index (χ2n) is 5.64. The molecule has 0 bridgehead atoms. The maximum Gasteiger partial charge on any atom is 0.319 e. The number of anilines is 1. The molecular weight excluding hydrogens is 352 g/mol. The predicted molar refractivity (Wildman–Crippen MR) is 93.1 cm³/mol. The summed E-state index contributed by atoms with van der Waals surface area (Å²) in [6.45, 7) is 0.649. The van der Waals surface area contributed by atoms with Gasteiger partial charge in [-0.3, -0.25) is 0 Å². The number of benzene rings is 1. The normalized spacial score (nSPS) is 14.5. The van der Waals surface area contributed by atoms with Crippen molar-refractivity contribution in [2.45, 2.75) is 43.4 Å². The maximum atomic E-state index is 11.7. The summed E-state index contributed by atoms with van der Waals surface area (Å²) in [6, 6.07) is 5.45. The fourth-order valence-electron chi connectivity index (χ4n) is 2.77. The zero-order valence-electron chi connectivity index (χ0n) is 13.3. The predicted octanol–water partition coefficient (Wildman–Crippen LogP) is 4.30. The van der Waals surface area contributed by atoms with Crippen molar-refractivity contribution in [3.63, 3.8) is 0 Å². The van der Waals surface area contributed by atoms with E-state index in [1.165, 1.54) is 56.4 Å². The molecule has 1 aliphatic rings. The lowest BCUT2D eigenvalue weighted by molar-refractivity contribution is 0.251. The highest BCUT2D eigenvalue weighted by atomic mass is 35.7. The monoisotopic (exact) mass is 374 g/mol. The fraction of sp³-hybridized carbons (Fsp3) is 0.533. The molecule has 0 atom stereocenters. The van der Waals surface area contributed by atoms with Crippen molar-refractivity contribution in [3.05, 3.63) is 24.3 Å². The van der Waals surface area contributed by atoms with Crippen LogP contribution in [0.4, 0.5) is 10.5 Å². The van der Waals surface area contributed by atoms with Crippen LogP contribution >= 0.6 is 10.7 Å². The molecule has 7 nitrogen and oxygen atoms in total. The van der Waals surface area contributed by atoms with E-state index in [0.717, 1.165) is 12.3 Å². The maximum absolute atomic E-state index is 11.7. The van der Waals surface area contributed by atoms with Gasteiger partial charge in [-0.05, 0) is 43.0 Å². The summed E-state index contributed by atoms with van der Waals surface area (Å²) in [6.07, 6.45) is 7.48. The Kier molecular flexibility index (Phi) is 8.70. The number of halogens is 1. The fourth-order valence-corrected chi connectivity index (χ4v) is 3.54. The molecule has 9 heteroatoms. The van der Waals surface area contributed by atoms with Gasteiger partial charge in [-0.2, -0.15) is 0 Å². The lowest BCUT2D eigenvalue weighted by atomic mass is 10.0. The summed E-state index contributed by atoms with van der Waals surface area (Å²) in [5, 5.41) is 5.47. The molecule has 24 heavy (non-hydrogen) atoms. The van der Waals surface area contributed by atoms with E-state index in [2.05, 4.69) is 10.6 Å². The van der Waals surface area contributed by atoms with Gasteiger partial charge in [-0.1, -0.05) is 25.7 Å². The van der Waals surface area contributed by atoms with Gasteiger partial charge in [-0.25, -0.2) is 24.3 Å². The van der Waals surface area contributed by atoms with Crippen molar-refractivity contribution < 1.29 is 13.2 Å². The van der Waals surface area contributed by atoms with Crippen molar-refractivity contribution in [1.82, 2.24) is 5.32 Å². The number of hydrogen-bond acceptors (Lipinski definition) is 5. The molecule has 0 radical (unpaired) electrons. The summed E-state index contributed by atoms with van der Waals surface area (Å²) in [7, 11) is 1.50. The molecule has 1 fully saturated rings. The van der Waals surface area contributed by atoms with Gasteiger partial charge in [0, 0.05) is 22.9 Å². The molecule has 1 aliphatic carbocycles. The van der Waals surface area contributed by atoms with Gasteiger partial charge in [-0.15, -0.1) is 0 Å². The van der Waals surface area contributed by atoms with Crippen LogP contribution in [-0.2, 0) is 9.05 Å². The van der Waals surface area contributed by atoms with E-state index < -0.39 is 9.05 Å². The number of nitrogens with one attached hydrogen (secondary N) is 4. The first-order valence-corrected chi connectivity index (χ1v) is 10.1. The minimum Gasteiger partial charge on any atom is -0.338 e. The van der Waals surface area contributed by atoms with Gasteiger partial charge < -0.3 is 10.6 Å². The van der Waals surface area contributed by atoms with Gasteiger partial charge in [0.15, 0.2) is 0 Å². The highest BCUT2D eigenvalue weighted by molar-refractivity contribution is 8.13. The lowest BCUT2D eigenvalue weighted by Crippen LogP contribution is -2.29. The van der Waals surface area contributed by atoms with Crippen molar-refractivity contribution >= 4 is 31.5 Å². The SMILES string of the molecule is N=N.O=C(NCCCC1CCCC1)Nc1ccc(S(=O)(=O)Cl)cc1. The molecule has 0 aromatic heterocycles. The number of rotatable bonds is 6. The summed E-state index contributed by atoms with van der Waals surface area (Å²) in [5.74, 6) is 0.829. The Labute approximate surface area is 146 Å². The average Bonchev–Trinajstić information content (AvgIpc) is 3.06. The van der Waals surface area contributed by atoms with Gasteiger partial charge >= 0.3 is 6.03 Å². The number of carbonyl (C=O) groups is 1. The highest BCUT2D eigenvalue weighted by Gasteiger charge is 2.14. The van der Waals surface area contributed by atoms with E-state index in [1.54, 1.807) is 0 Å². The Morgan fingerprint density at radius 1 is 1.17 bits per heavy atom. The summed E-state index contributed by atoms with van der Waals surface area (Å²) in [4.78, 5) is 11.7. The standard InChI is InChI=1S/C15H21ClN2O3S.H2N2/c16-22(20,21)14-9-7-13(8-10-14)18-15(19)17-11-3-6-12-4-1-2-5-12;1-2/h7-10,12H,1-6,11H2,(H2,17,18,19);1-2H. The topological polar surface area (TPSA) is 123 Å². The Hall–Kier alpha value is -1.67. The molecule has 1 aromatic rings. The number of carbonyl (C=O) groups excluding carboxylic acids is 1. The molecule has 4 N–H and O–H groups in total. The average molecular weight is 375 g/mol. The second-order valence-corrected chi connectivity index (χ2v) is 8.20. The molecule has 0 saturated heterocycles. The first-order chi connectivity index (χ1) is 11.4. The van der Waals surface area contributed by atoms with Gasteiger partial charge in [0.05, 0.1) is 4.90 Å². The van der Waals surface area contributed by atoms with Crippen LogP contribution in [0, 0.1) is 17.0 Å². The number of urea groups is 1. The van der Waals surface area contributed by atoms with Crippen LogP contribution in [0.15, 0.2) is 29.2 Å². The molecule has 0 aliphatic heterocycles. The van der Waals surface area contributed by atoms with E-state index in [1.807, 2.05) is 0 Å². The molecule has 1 saturated carbocycles. The molecule has 2 rings (SSSR count). The van der Waals surface area contributed by atoms with Crippen LogP contribution in [0.25, 0.3) is 0 Å². The molecule has 1 aromatic carbocycles. The molecule has 2 amide bonds. The summed E-state index contributed by atoms with van der Waals surface area (Å²) in [5.41, 5.74) is 10.5. The van der Waals surface area contributed by atoms with E-state index in [-0.39, 0.29) is 10.9 Å². The summed E-state index contributed by atoms with van der Waals surface area (Å²) < 4.78 is 22.2. The zero-order chi connectivity index (χ0) is 18.0. The largest absolute Gasteiger partial charge is 0.338 e. The van der Waals surface area contributed by atoms with E-state index in [9.17, 15) is 13.2 Å². The van der Waals surface area contributed by atoms with Crippen molar-refractivity contribution in [3.8, 4) is 0 Å². The Morgan fingerprint density at radius 3 is 2.29 bits per heavy atom. The zero-order valence-corrected chi connectivity index (χ0v) is 14.9. The third kappa shape index (κ3) is 7.27. The lowest BCUT2D eigenvalue weighted by Gasteiger charge is -2.10. The highest BCUT2D eigenvalue weighted by Crippen LogP contribution is 2.28. The molecule has 0 unspecified atom stereocenters. The molecule has 134 valence electrons. The first kappa shape index (κ1) is 20.4. The third-order valence-electron chi connectivity index (χ3n) is 3.94. The van der Waals surface area contributed by atoms with Crippen molar-refractivity contribution in [2.24, 2.45) is 5.92 Å². The van der Waals surface area contributed by atoms with Gasteiger partial charge in [0.2, 0.25) is 0 Å². The van der Waals surface area contributed by atoms with Crippen LogP contribution in [-0.4, -0.2) is 21.0 Å². The van der Waals surface area contributed by atoms with Crippen molar-refractivity contribution in [1.29, 1.82) is 11.1 Å². The smallest absolute Gasteiger partial charge is 0.319 e. The van der Waals surface area contributed by atoms with Crippen LogP contribution in [0.5, 0.6) is 0 Å². The first-order valence-electron chi connectivity index (χ1n) is 7.80. The Bertz CT molecular complexity index is 616.